The molecule has 5 nitrogen and oxygen atoms in total. The third kappa shape index (κ3) is 2.08. The maximum absolute atomic E-state index is 10.5. The Labute approximate surface area is 92.0 Å². The second-order valence-corrected chi connectivity index (χ2v) is 3.56. The summed E-state index contributed by atoms with van der Waals surface area (Å²) in [4.78, 5) is 10.5. The van der Waals surface area contributed by atoms with E-state index in [9.17, 15) is 4.79 Å². The molecule has 1 aromatic carbocycles. The highest BCUT2D eigenvalue weighted by atomic mass is 16.4. The molecule has 0 aliphatic rings. The molecular weight excluding hydrogens is 206 g/mol. The van der Waals surface area contributed by atoms with Crippen LogP contribution in [0.15, 0.2) is 35.9 Å². The minimum absolute atomic E-state index is 0.437. The Hall–Kier alpha value is -2.17. The van der Waals surface area contributed by atoms with Crippen molar-refractivity contribution in [2.24, 2.45) is 0 Å². The van der Waals surface area contributed by atoms with Gasteiger partial charge in [0.15, 0.2) is 0 Å². The van der Waals surface area contributed by atoms with E-state index in [1.54, 1.807) is 11.6 Å². The predicted octanol–water partition coefficient (Wildman–Crippen LogP) is 1.46. The van der Waals surface area contributed by atoms with E-state index < -0.39 is 5.97 Å². The number of nitrogens with zero attached hydrogens (tertiary/aromatic N) is 3. The van der Waals surface area contributed by atoms with Gasteiger partial charge in [-0.1, -0.05) is 17.3 Å². The highest BCUT2D eigenvalue weighted by Crippen LogP contribution is 2.11. The molecule has 0 amide bonds. The molecule has 0 bridgehead atoms. The molecule has 2 aromatic rings. The van der Waals surface area contributed by atoms with Crippen molar-refractivity contribution < 1.29 is 9.90 Å². The zero-order valence-corrected chi connectivity index (χ0v) is 8.79. The second kappa shape index (κ2) is 4.14. The standard InChI is InChI=1S/C11H11N3O2/c1-8(6-11(15)16)7-14-10-5-3-2-4-9(10)12-13-14/h2-6H,7H2,1H3,(H,15,16). The fourth-order valence-corrected chi connectivity index (χ4v) is 1.53. The van der Waals surface area contributed by atoms with Gasteiger partial charge in [-0.2, -0.15) is 0 Å². The van der Waals surface area contributed by atoms with Crippen molar-refractivity contribution in [3.05, 3.63) is 35.9 Å². The molecule has 0 aliphatic carbocycles. The first-order valence-corrected chi connectivity index (χ1v) is 4.85. The monoisotopic (exact) mass is 217 g/mol. The molecule has 16 heavy (non-hydrogen) atoms. The van der Waals surface area contributed by atoms with Gasteiger partial charge in [0.05, 0.1) is 12.1 Å². The molecule has 1 heterocycles. The van der Waals surface area contributed by atoms with Crippen LogP contribution in [0.4, 0.5) is 0 Å². The van der Waals surface area contributed by atoms with Gasteiger partial charge in [0.2, 0.25) is 0 Å². The average molecular weight is 217 g/mol. The second-order valence-electron chi connectivity index (χ2n) is 3.56. The van der Waals surface area contributed by atoms with Crippen LogP contribution in [0.1, 0.15) is 6.92 Å². The minimum Gasteiger partial charge on any atom is -0.478 e. The number of rotatable bonds is 3. The van der Waals surface area contributed by atoms with Crippen LogP contribution in [-0.2, 0) is 11.3 Å². The average Bonchev–Trinajstić information content (AvgIpc) is 2.61. The van der Waals surface area contributed by atoms with Crippen LogP contribution in [0.3, 0.4) is 0 Å². The SMILES string of the molecule is CC(=CC(=O)O)Cn1nnc2ccccc21. The van der Waals surface area contributed by atoms with Gasteiger partial charge in [-0.15, -0.1) is 5.10 Å². The Kier molecular flexibility index (Phi) is 2.68. The van der Waals surface area contributed by atoms with E-state index in [0.29, 0.717) is 6.54 Å². The quantitative estimate of drug-likeness (QED) is 0.790. The molecule has 2 rings (SSSR count). The van der Waals surface area contributed by atoms with Crippen LogP contribution in [0.5, 0.6) is 0 Å². The number of carbonyl (C=O) groups is 1. The predicted molar refractivity (Wildman–Crippen MR) is 58.9 cm³/mol. The highest BCUT2D eigenvalue weighted by Gasteiger charge is 2.04. The van der Waals surface area contributed by atoms with Gasteiger partial charge in [-0.3, -0.25) is 0 Å². The van der Waals surface area contributed by atoms with Crippen LogP contribution >= 0.6 is 0 Å². The van der Waals surface area contributed by atoms with E-state index in [0.717, 1.165) is 16.6 Å². The number of benzene rings is 1. The number of aliphatic carboxylic acids is 1. The van der Waals surface area contributed by atoms with Crippen molar-refractivity contribution in [1.29, 1.82) is 0 Å². The van der Waals surface area contributed by atoms with Crippen LogP contribution in [0.2, 0.25) is 0 Å². The van der Waals surface area contributed by atoms with Crippen molar-refractivity contribution in [2.75, 3.05) is 0 Å². The molecule has 0 saturated carbocycles. The molecule has 82 valence electrons. The fourth-order valence-electron chi connectivity index (χ4n) is 1.53. The van der Waals surface area contributed by atoms with Gasteiger partial charge in [0.1, 0.15) is 5.52 Å². The van der Waals surface area contributed by atoms with Gasteiger partial charge in [-0.05, 0) is 24.6 Å². The summed E-state index contributed by atoms with van der Waals surface area (Å²) in [6.07, 6.45) is 1.18. The highest BCUT2D eigenvalue weighted by molar-refractivity contribution is 5.80. The molecule has 0 aliphatic heterocycles. The number of aromatic nitrogens is 3. The number of fused-ring (bicyclic) bond motifs is 1. The number of allylic oxidation sites excluding steroid dienone is 1. The summed E-state index contributed by atoms with van der Waals surface area (Å²) in [5, 5.41) is 16.6. The lowest BCUT2D eigenvalue weighted by molar-refractivity contribution is -0.131. The van der Waals surface area contributed by atoms with Crippen molar-refractivity contribution in [2.45, 2.75) is 13.5 Å². The number of hydrogen-bond donors (Lipinski definition) is 1. The lowest BCUT2D eigenvalue weighted by atomic mass is 10.2. The minimum atomic E-state index is -0.943. The molecular formula is C11H11N3O2. The maximum Gasteiger partial charge on any atom is 0.328 e. The van der Waals surface area contributed by atoms with Gasteiger partial charge < -0.3 is 5.11 Å². The summed E-state index contributed by atoms with van der Waals surface area (Å²) in [6.45, 7) is 2.19. The number of hydrogen-bond acceptors (Lipinski definition) is 3. The molecule has 0 saturated heterocycles. The van der Waals surface area contributed by atoms with Crippen molar-refractivity contribution in [3.8, 4) is 0 Å². The molecule has 0 fully saturated rings. The van der Waals surface area contributed by atoms with Crippen molar-refractivity contribution in [1.82, 2.24) is 15.0 Å². The molecule has 0 atom stereocenters. The van der Waals surface area contributed by atoms with Crippen LogP contribution < -0.4 is 0 Å². The largest absolute Gasteiger partial charge is 0.478 e. The van der Waals surface area contributed by atoms with Crippen LogP contribution in [0.25, 0.3) is 11.0 Å². The lowest BCUT2D eigenvalue weighted by Gasteiger charge is -2.01. The lowest BCUT2D eigenvalue weighted by Crippen LogP contribution is -2.03. The molecule has 0 spiro atoms. The first-order chi connectivity index (χ1) is 7.66. The van der Waals surface area contributed by atoms with E-state index in [4.69, 9.17) is 5.11 Å². The topological polar surface area (TPSA) is 68.0 Å². The van der Waals surface area contributed by atoms with Crippen LogP contribution in [-0.4, -0.2) is 26.1 Å². The van der Waals surface area contributed by atoms with Crippen LogP contribution in [0, 0.1) is 0 Å². The van der Waals surface area contributed by atoms with Gasteiger partial charge in [0, 0.05) is 6.08 Å². The summed E-state index contributed by atoms with van der Waals surface area (Å²) in [5.41, 5.74) is 2.44. The zero-order chi connectivity index (χ0) is 11.5. The maximum atomic E-state index is 10.5. The Morgan fingerprint density at radius 3 is 3.00 bits per heavy atom. The third-order valence-electron chi connectivity index (χ3n) is 2.19. The Morgan fingerprint density at radius 2 is 2.25 bits per heavy atom. The van der Waals surface area contributed by atoms with E-state index in [1.165, 1.54) is 6.08 Å². The summed E-state index contributed by atoms with van der Waals surface area (Å²) >= 11 is 0. The van der Waals surface area contributed by atoms with Gasteiger partial charge >= 0.3 is 5.97 Å². The van der Waals surface area contributed by atoms with Gasteiger partial charge in [0.25, 0.3) is 0 Å². The molecule has 0 radical (unpaired) electrons. The Balaban J connectivity index is 2.31. The van der Waals surface area contributed by atoms with E-state index in [-0.39, 0.29) is 0 Å². The normalized spacial score (nSPS) is 11.9. The number of carboxylic acid groups (broad SMARTS) is 1. The summed E-state index contributed by atoms with van der Waals surface area (Å²) < 4.78 is 1.68. The molecule has 0 unspecified atom stereocenters. The first kappa shape index (κ1) is 10.4. The van der Waals surface area contributed by atoms with E-state index >= 15 is 0 Å². The summed E-state index contributed by atoms with van der Waals surface area (Å²) in [5.74, 6) is -0.943. The Morgan fingerprint density at radius 1 is 1.50 bits per heavy atom. The fraction of sp³-hybridized carbons (Fsp3) is 0.182. The van der Waals surface area contributed by atoms with E-state index in [2.05, 4.69) is 10.3 Å². The van der Waals surface area contributed by atoms with E-state index in [1.807, 2.05) is 24.3 Å². The Bertz CT molecular complexity index is 557. The zero-order valence-electron chi connectivity index (χ0n) is 8.79. The van der Waals surface area contributed by atoms with Crippen molar-refractivity contribution >= 4 is 17.0 Å². The first-order valence-electron chi connectivity index (χ1n) is 4.85. The molecule has 5 heteroatoms. The summed E-state index contributed by atoms with van der Waals surface area (Å²) in [7, 11) is 0. The third-order valence-corrected chi connectivity index (χ3v) is 2.19. The number of carboxylic acids is 1. The smallest absolute Gasteiger partial charge is 0.328 e. The molecule has 1 N–H and O–H groups in total. The molecule has 1 aromatic heterocycles. The van der Waals surface area contributed by atoms with Gasteiger partial charge in [-0.25, -0.2) is 9.48 Å². The number of para-hydroxylation sites is 1. The van der Waals surface area contributed by atoms with Crippen molar-refractivity contribution in [3.63, 3.8) is 0 Å². The summed E-state index contributed by atoms with van der Waals surface area (Å²) in [6, 6.07) is 7.57.